The number of nitrogens with zero attached hydrogens (tertiary/aromatic N) is 1. The highest BCUT2D eigenvalue weighted by Gasteiger charge is 2.28. The van der Waals surface area contributed by atoms with Crippen molar-refractivity contribution in [2.45, 2.75) is 32.1 Å². The molecule has 5 nitrogen and oxygen atoms in total. The van der Waals surface area contributed by atoms with E-state index in [9.17, 15) is 4.57 Å². The molecule has 0 aliphatic heterocycles. The van der Waals surface area contributed by atoms with Crippen molar-refractivity contribution in [1.82, 2.24) is 4.98 Å². The van der Waals surface area contributed by atoms with Crippen molar-refractivity contribution in [3.05, 3.63) is 13.8 Å². The summed E-state index contributed by atoms with van der Waals surface area (Å²) in [5, 5.41) is 0.971. The first-order chi connectivity index (χ1) is 9.44. The summed E-state index contributed by atoms with van der Waals surface area (Å²) in [6.07, 6.45) is 4.74. The van der Waals surface area contributed by atoms with Crippen LogP contribution in [-0.4, -0.2) is 21.1 Å². The van der Waals surface area contributed by atoms with E-state index in [0.29, 0.717) is 11.7 Å². The van der Waals surface area contributed by atoms with Gasteiger partial charge in [0, 0.05) is 6.42 Å². The fraction of sp³-hybridized carbons (Fsp3) is 0.583. The van der Waals surface area contributed by atoms with Crippen molar-refractivity contribution in [3.8, 4) is 0 Å². The van der Waals surface area contributed by atoms with E-state index in [1.165, 1.54) is 29.8 Å². The summed E-state index contributed by atoms with van der Waals surface area (Å²) in [5.41, 5.74) is 1.39. The molecular formula is C12H15BrNO4PS. The Hall–Kier alpha value is -0.200. The largest absolute Gasteiger partial charge is 0.484 e. The molecule has 2 aliphatic carbocycles. The maximum atomic E-state index is 11.0. The van der Waals surface area contributed by atoms with Crippen LogP contribution in [0.2, 0.25) is 0 Å². The molecule has 1 aromatic heterocycles. The third kappa shape index (κ3) is 3.02. The number of fused-ring (bicyclic) bond motifs is 2. The van der Waals surface area contributed by atoms with Crippen molar-refractivity contribution in [2.24, 2.45) is 5.92 Å². The number of aromatic nitrogens is 1. The van der Waals surface area contributed by atoms with Gasteiger partial charge < -0.3 is 14.5 Å². The number of halogens is 1. The maximum absolute atomic E-state index is 11.0. The highest BCUT2D eigenvalue weighted by atomic mass is 79.9. The molecule has 0 spiro atoms. The van der Waals surface area contributed by atoms with Gasteiger partial charge in [-0.15, -0.1) is 11.3 Å². The Morgan fingerprint density at radius 3 is 3.00 bits per heavy atom. The molecule has 2 N–H and O–H groups in total. The lowest BCUT2D eigenvalue weighted by Crippen LogP contribution is -2.35. The Labute approximate surface area is 128 Å². The topological polar surface area (TPSA) is 79.7 Å². The molecule has 1 heterocycles. The summed E-state index contributed by atoms with van der Waals surface area (Å²) < 4.78 is 18.1. The minimum absolute atomic E-state index is 0.414. The normalized spacial score (nSPS) is 22.4. The fourth-order valence-corrected chi connectivity index (χ4v) is 4.75. The molecule has 0 saturated heterocycles. The van der Waals surface area contributed by atoms with Gasteiger partial charge in [-0.3, -0.25) is 4.57 Å². The molecule has 0 radical (unpaired) electrons. The van der Waals surface area contributed by atoms with Gasteiger partial charge in [-0.05, 0) is 46.7 Å². The highest BCUT2D eigenvalue weighted by molar-refractivity contribution is 9.11. The van der Waals surface area contributed by atoms with Crippen LogP contribution in [-0.2, 0) is 9.30 Å². The lowest BCUT2D eigenvalue weighted by Gasteiger charge is -2.28. The van der Waals surface area contributed by atoms with Gasteiger partial charge in [0.15, 0.2) is 10.3 Å². The predicted molar refractivity (Wildman–Crippen MR) is 80.5 cm³/mol. The zero-order valence-corrected chi connectivity index (χ0v) is 14.0. The van der Waals surface area contributed by atoms with Gasteiger partial charge in [-0.1, -0.05) is 6.42 Å². The Bertz CT molecular complexity index is 695. The first-order valence-electron chi connectivity index (χ1n) is 6.50. The maximum Gasteiger partial charge on any atom is 0.362 e. The molecule has 110 valence electrons. The average molecular weight is 380 g/mol. The van der Waals surface area contributed by atoms with Crippen LogP contribution in [0.5, 0.6) is 0 Å². The summed E-state index contributed by atoms with van der Waals surface area (Å²) in [6, 6.07) is 0. The van der Waals surface area contributed by atoms with Crippen molar-refractivity contribution >= 4 is 46.2 Å². The van der Waals surface area contributed by atoms with Gasteiger partial charge in [0.2, 0.25) is 0 Å². The summed E-state index contributed by atoms with van der Waals surface area (Å²) in [5.74, 6) is 1.10. The SMILES string of the molecule is O=P(O)(O)COC1=c2sc(Br)nc2=C2CCCCC2C1. The number of thiazole rings is 1. The molecule has 1 saturated carbocycles. The lowest BCUT2D eigenvalue weighted by molar-refractivity contribution is 0.260. The van der Waals surface area contributed by atoms with Crippen LogP contribution in [0.15, 0.2) is 3.92 Å². The molecule has 1 fully saturated rings. The van der Waals surface area contributed by atoms with E-state index in [1.807, 2.05) is 0 Å². The van der Waals surface area contributed by atoms with E-state index in [-0.39, 0.29) is 0 Å². The Kier molecular flexibility index (Phi) is 4.08. The monoisotopic (exact) mass is 379 g/mol. The average Bonchev–Trinajstić information content (AvgIpc) is 2.77. The van der Waals surface area contributed by atoms with Crippen LogP contribution in [0.25, 0.3) is 11.3 Å². The van der Waals surface area contributed by atoms with E-state index in [1.54, 1.807) is 0 Å². The van der Waals surface area contributed by atoms with E-state index in [0.717, 1.165) is 33.1 Å². The van der Waals surface area contributed by atoms with E-state index >= 15 is 0 Å². The second kappa shape index (κ2) is 5.54. The van der Waals surface area contributed by atoms with Crippen LogP contribution in [0, 0.1) is 5.92 Å². The molecule has 1 atom stereocenters. The third-order valence-corrected chi connectivity index (χ3v) is 5.75. The molecule has 1 unspecified atom stereocenters. The second-order valence-electron chi connectivity index (χ2n) is 5.18. The fourth-order valence-electron chi connectivity index (χ4n) is 2.93. The Morgan fingerprint density at radius 2 is 2.25 bits per heavy atom. The number of rotatable bonds is 3. The molecule has 0 amide bonds. The zero-order chi connectivity index (χ0) is 14.3. The molecule has 8 heteroatoms. The molecule has 20 heavy (non-hydrogen) atoms. The smallest absolute Gasteiger partial charge is 0.362 e. The number of hydrogen-bond donors (Lipinski definition) is 2. The van der Waals surface area contributed by atoms with Crippen LogP contribution in [0.3, 0.4) is 0 Å². The van der Waals surface area contributed by atoms with Crippen LogP contribution >= 0.6 is 34.9 Å². The quantitative estimate of drug-likeness (QED) is 0.784. The van der Waals surface area contributed by atoms with Gasteiger partial charge in [-0.2, -0.15) is 0 Å². The second-order valence-corrected chi connectivity index (χ2v) is 9.04. The zero-order valence-electron chi connectivity index (χ0n) is 10.7. The van der Waals surface area contributed by atoms with Gasteiger partial charge in [0.1, 0.15) is 5.76 Å². The van der Waals surface area contributed by atoms with Crippen LogP contribution in [0.1, 0.15) is 32.1 Å². The minimum Gasteiger partial charge on any atom is -0.484 e. The molecule has 3 rings (SSSR count). The summed E-state index contributed by atoms with van der Waals surface area (Å²) in [6.45, 7) is 0. The first-order valence-corrected chi connectivity index (χ1v) is 9.91. The van der Waals surface area contributed by atoms with Crippen molar-refractivity contribution in [2.75, 3.05) is 6.35 Å². The standard InChI is InChI=1S/C12H15BrNO4PS/c13-12-14-10-8-4-2-1-3-7(8)5-9(11(10)20-12)18-6-19(15,16)17/h7H,1-6H2,(H2,15,16,17). The van der Waals surface area contributed by atoms with Crippen LogP contribution in [0.4, 0.5) is 0 Å². The number of hydrogen-bond acceptors (Lipinski definition) is 4. The minimum atomic E-state index is -4.15. The van der Waals surface area contributed by atoms with Gasteiger partial charge in [0.05, 0.1) is 9.88 Å². The molecule has 1 aromatic rings. The molecular weight excluding hydrogens is 365 g/mol. The van der Waals surface area contributed by atoms with Crippen molar-refractivity contribution < 1.29 is 19.1 Å². The lowest BCUT2D eigenvalue weighted by atomic mass is 9.80. The molecule has 0 bridgehead atoms. The van der Waals surface area contributed by atoms with Crippen molar-refractivity contribution in [3.63, 3.8) is 0 Å². The number of ether oxygens (including phenoxy) is 1. The van der Waals surface area contributed by atoms with Crippen molar-refractivity contribution in [1.29, 1.82) is 0 Å². The Morgan fingerprint density at radius 1 is 1.45 bits per heavy atom. The van der Waals surface area contributed by atoms with Gasteiger partial charge in [-0.25, -0.2) is 4.98 Å². The van der Waals surface area contributed by atoms with Gasteiger partial charge >= 0.3 is 7.60 Å². The summed E-state index contributed by atoms with van der Waals surface area (Å²) in [7, 11) is -4.15. The van der Waals surface area contributed by atoms with E-state index in [2.05, 4.69) is 20.9 Å². The summed E-state index contributed by atoms with van der Waals surface area (Å²) >= 11 is 4.87. The molecule has 2 aliphatic rings. The Balaban J connectivity index is 2.06. The molecule has 0 aromatic carbocycles. The van der Waals surface area contributed by atoms with E-state index in [4.69, 9.17) is 14.5 Å². The van der Waals surface area contributed by atoms with E-state index < -0.39 is 13.9 Å². The van der Waals surface area contributed by atoms with Gasteiger partial charge in [0.25, 0.3) is 0 Å². The predicted octanol–water partition coefficient (Wildman–Crippen LogP) is 1.91. The summed E-state index contributed by atoms with van der Waals surface area (Å²) in [4.78, 5) is 22.5. The highest BCUT2D eigenvalue weighted by Crippen LogP contribution is 2.39. The third-order valence-electron chi connectivity index (χ3n) is 3.74. The first kappa shape index (κ1) is 14.7. The van der Waals surface area contributed by atoms with Crippen LogP contribution < -0.4 is 9.88 Å².